The van der Waals surface area contributed by atoms with E-state index in [1.165, 1.54) is 0 Å². The number of ether oxygens (including phenoxy) is 1. The van der Waals surface area contributed by atoms with Crippen molar-refractivity contribution in [1.29, 1.82) is 0 Å². The number of carbonyl (C=O) groups excluding carboxylic acids is 2. The molecule has 0 N–H and O–H groups in total. The van der Waals surface area contributed by atoms with E-state index in [0.717, 1.165) is 5.56 Å². The molecule has 0 heterocycles. The number of rotatable bonds is 6. The van der Waals surface area contributed by atoms with Gasteiger partial charge in [0.1, 0.15) is 0 Å². The van der Waals surface area contributed by atoms with Crippen LogP contribution in [0.15, 0.2) is 18.2 Å². The number of hydrogen-bond donors (Lipinski definition) is 0. The van der Waals surface area contributed by atoms with Crippen LogP contribution in [0.25, 0.3) is 0 Å². The maximum Gasteiger partial charge on any atom is 0.338 e. The van der Waals surface area contributed by atoms with E-state index in [9.17, 15) is 9.59 Å². The lowest BCUT2D eigenvalue weighted by atomic mass is 9.97. The molecule has 3 nitrogen and oxygen atoms in total. The molecule has 0 atom stereocenters. The number of benzene rings is 1. The Labute approximate surface area is 116 Å². The highest BCUT2D eigenvalue weighted by Gasteiger charge is 2.17. The van der Waals surface area contributed by atoms with Gasteiger partial charge in [-0.25, -0.2) is 4.79 Å². The minimum absolute atomic E-state index is 0.0844. The average molecular weight is 289 g/mol. The summed E-state index contributed by atoms with van der Waals surface area (Å²) in [5.41, 5.74) is 1.74. The molecule has 0 fully saturated rings. The van der Waals surface area contributed by atoms with Crippen LogP contribution in [-0.2, 0) is 21.8 Å². The Hall–Kier alpha value is -1.06. The monoisotopic (exact) mass is 288 g/mol. The van der Waals surface area contributed by atoms with Crippen molar-refractivity contribution >= 4 is 35.0 Å². The first-order chi connectivity index (χ1) is 8.63. The first-order valence-corrected chi connectivity index (χ1v) is 6.62. The van der Waals surface area contributed by atoms with Gasteiger partial charge in [-0.3, -0.25) is 4.79 Å². The zero-order valence-electron chi connectivity index (χ0n) is 10.0. The minimum atomic E-state index is -0.443. The SMILES string of the molecule is CCOC(=O)c1cccc(CCl)c1CC(=O)CCl. The third-order valence-electron chi connectivity index (χ3n) is 2.44. The Morgan fingerprint density at radius 2 is 2.00 bits per heavy atom. The van der Waals surface area contributed by atoms with Gasteiger partial charge in [0.25, 0.3) is 0 Å². The highest BCUT2D eigenvalue weighted by atomic mass is 35.5. The van der Waals surface area contributed by atoms with Gasteiger partial charge in [0.05, 0.1) is 18.1 Å². The van der Waals surface area contributed by atoms with Gasteiger partial charge in [-0.2, -0.15) is 0 Å². The molecule has 0 amide bonds. The molecule has 0 aliphatic carbocycles. The molecular weight excluding hydrogens is 275 g/mol. The third-order valence-corrected chi connectivity index (χ3v) is 3.02. The van der Waals surface area contributed by atoms with Gasteiger partial charge in [0.15, 0.2) is 5.78 Å². The topological polar surface area (TPSA) is 43.4 Å². The highest BCUT2D eigenvalue weighted by Crippen LogP contribution is 2.19. The molecule has 5 heteroatoms. The zero-order valence-corrected chi connectivity index (χ0v) is 11.6. The Morgan fingerprint density at radius 3 is 2.56 bits per heavy atom. The first kappa shape index (κ1) is 15.0. The fraction of sp³-hybridized carbons (Fsp3) is 0.385. The van der Waals surface area contributed by atoms with Gasteiger partial charge >= 0.3 is 5.97 Å². The molecule has 0 saturated heterocycles. The van der Waals surface area contributed by atoms with Gasteiger partial charge in [0, 0.05) is 12.3 Å². The number of Topliss-reactive ketones (excluding diaryl/α,β-unsaturated/α-hetero) is 1. The van der Waals surface area contributed by atoms with Crippen LogP contribution in [0.3, 0.4) is 0 Å². The maximum absolute atomic E-state index is 11.8. The van der Waals surface area contributed by atoms with Crippen LogP contribution in [0.2, 0.25) is 0 Å². The fourth-order valence-electron chi connectivity index (χ4n) is 1.61. The Morgan fingerprint density at radius 1 is 1.28 bits per heavy atom. The van der Waals surface area contributed by atoms with Crippen LogP contribution in [0.5, 0.6) is 0 Å². The number of esters is 1. The number of halogens is 2. The molecule has 0 unspecified atom stereocenters. The summed E-state index contributed by atoms with van der Waals surface area (Å²) in [5, 5.41) is 0. The second-order valence-corrected chi connectivity index (χ2v) is 4.18. The van der Waals surface area contributed by atoms with Crippen LogP contribution in [0.1, 0.15) is 28.4 Å². The van der Waals surface area contributed by atoms with Crippen molar-refractivity contribution in [3.8, 4) is 0 Å². The molecule has 0 aromatic heterocycles. The van der Waals surface area contributed by atoms with E-state index in [-0.39, 0.29) is 30.6 Å². The Kier molecular flexibility index (Phi) is 6.16. The number of carbonyl (C=O) groups is 2. The summed E-state index contributed by atoms with van der Waals surface area (Å²) in [6, 6.07) is 5.14. The molecule has 0 saturated carbocycles. The van der Waals surface area contributed by atoms with Gasteiger partial charge in [0.2, 0.25) is 0 Å². The molecule has 0 radical (unpaired) electrons. The van der Waals surface area contributed by atoms with E-state index in [1.807, 2.05) is 0 Å². The Balaban J connectivity index is 3.15. The molecule has 0 aliphatic heterocycles. The van der Waals surface area contributed by atoms with E-state index >= 15 is 0 Å². The van der Waals surface area contributed by atoms with Crippen molar-refractivity contribution in [3.63, 3.8) is 0 Å². The van der Waals surface area contributed by atoms with Gasteiger partial charge < -0.3 is 4.74 Å². The fourth-order valence-corrected chi connectivity index (χ4v) is 1.96. The van der Waals surface area contributed by atoms with Crippen molar-refractivity contribution in [3.05, 3.63) is 34.9 Å². The summed E-state index contributed by atoms with van der Waals surface area (Å²) in [6.07, 6.45) is 0.0978. The van der Waals surface area contributed by atoms with Crippen LogP contribution in [0, 0.1) is 0 Å². The Bertz CT molecular complexity index is 444. The minimum Gasteiger partial charge on any atom is -0.462 e. The molecule has 18 heavy (non-hydrogen) atoms. The van der Waals surface area contributed by atoms with Crippen molar-refractivity contribution in [2.75, 3.05) is 12.5 Å². The molecule has 98 valence electrons. The standard InChI is InChI=1S/C13H14Cl2O3/c1-2-18-13(17)11-5-3-4-9(7-14)12(11)6-10(16)8-15/h3-5H,2,6-8H2,1H3. The summed E-state index contributed by atoms with van der Waals surface area (Å²) in [5.74, 6) is -0.446. The van der Waals surface area contributed by atoms with Crippen molar-refractivity contribution in [2.24, 2.45) is 0 Å². The second-order valence-electron chi connectivity index (χ2n) is 3.65. The summed E-state index contributed by atoms with van der Waals surface area (Å²) >= 11 is 11.3. The average Bonchev–Trinajstić information content (AvgIpc) is 2.38. The van der Waals surface area contributed by atoms with Crippen molar-refractivity contribution in [1.82, 2.24) is 0 Å². The third kappa shape index (κ3) is 3.72. The summed E-state index contributed by atoms with van der Waals surface area (Å²) in [6.45, 7) is 2.01. The lowest BCUT2D eigenvalue weighted by Crippen LogP contribution is -2.14. The predicted octanol–water partition coefficient (Wildman–Crippen LogP) is 2.95. The molecule has 0 aliphatic rings. The van der Waals surface area contributed by atoms with E-state index < -0.39 is 5.97 Å². The van der Waals surface area contributed by atoms with Gasteiger partial charge in [-0.05, 0) is 24.1 Å². The van der Waals surface area contributed by atoms with E-state index in [4.69, 9.17) is 27.9 Å². The molecule has 1 aromatic carbocycles. The molecule has 0 spiro atoms. The number of hydrogen-bond acceptors (Lipinski definition) is 3. The molecule has 1 aromatic rings. The first-order valence-electron chi connectivity index (χ1n) is 5.55. The van der Waals surface area contributed by atoms with Gasteiger partial charge in [-0.15, -0.1) is 23.2 Å². The van der Waals surface area contributed by atoms with E-state index in [1.54, 1.807) is 25.1 Å². The maximum atomic E-state index is 11.8. The quantitative estimate of drug-likeness (QED) is 0.597. The lowest BCUT2D eigenvalue weighted by Gasteiger charge is -2.11. The smallest absolute Gasteiger partial charge is 0.338 e. The lowest BCUT2D eigenvalue weighted by molar-refractivity contribution is -0.116. The summed E-state index contributed by atoms with van der Waals surface area (Å²) < 4.78 is 4.96. The van der Waals surface area contributed by atoms with Crippen LogP contribution in [0.4, 0.5) is 0 Å². The van der Waals surface area contributed by atoms with Crippen LogP contribution in [-0.4, -0.2) is 24.2 Å². The van der Waals surface area contributed by atoms with Crippen molar-refractivity contribution in [2.45, 2.75) is 19.2 Å². The zero-order chi connectivity index (χ0) is 13.5. The van der Waals surface area contributed by atoms with E-state index in [0.29, 0.717) is 11.1 Å². The number of alkyl halides is 2. The molecule has 0 bridgehead atoms. The summed E-state index contributed by atoms with van der Waals surface area (Å²) in [4.78, 5) is 23.2. The molecular formula is C13H14Cl2O3. The number of ketones is 1. The van der Waals surface area contributed by atoms with Crippen LogP contribution >= 0.6 is 23.2 Å². The van der Waals surface area contributed by atoms with Gasteiger partial charge in [-0.1, -0.05) is 12.1 Å². The predicted molar refractivity (Wildman–Crippen MR) is 71.4 cm³/mol. The van der Waals surface area contributed by atoms with Crippen molar-refractivity contribution < 1.29 is 14.3 Å². The highest BCUT2D eigenvalue weighted by molar-refractivity contribution is 6.27. The summed E-state index contributed by atoms with van der Waals surface area (Å²) in [7, 11) is 0. The normalized spacial score (nSPS) is 10.2. The largest absolute Gasteiger partial charge is 0.462 e. The second kappa shape index (κ2) is 7.39. The molecule has 1 rings (SSSR count). The van der Waals surface area contributed by atoms with E-state index in [2.05, 4.69) is 0 Å². The van der Waals surface area contributed by atoms with Crippen LogP contribution < -0.4 is 0 Å².